The summed E-state index contributed by atoms with van der Waals surface area (Å²) in [7, 11) is 0. The zero-order valence-corrected chi connectivity index (χ0v) is 16.7. The summed E-state index contributed by atoms with van der Waals surface area (Å²) in [6.45, 7) is 2.07. The van der Waals surface area contributed by atoms with Gasteiger partial charge in [0.2, 0.25) is 0 Å². The molecule has 1 aliphatic carbocycles. The van der Waals surface area contributed by atoms with Gasteiger partial charge in [0, 0.05) is 17.2 Å². The molecule has 0 saturated heterocycles. The van der Waals surface area contributed by atoms with Crippen LogP contribution in [0.3, 0.4) is 0 Å². The third-order valence-electron chi connectivity index (χ3n) is 5.35. The van der Waals surface area contributed by atoms with Crippen LogP contribution >= 0.6 is 11.8 Å². The Morgan fingerprint density at radius 1 is 1.04 bits per heavy atom. The van der Waals surface area contributed by atoms with E-state index < -0.39 is 11.6 Å². The van der Waals surface area contributed by atoms with Crippen LogP contribution in [0.5, 0.6) is 0 Å². The quantitative estimate of drug-likeness (QED) is 0.479. The van der Waals surface area contributed by atoms with Gasteiger partial charge >= 0.3 is 0 Å². The molecular weight excluding hydrogens is 376 g/mol. The van der Waals surface area contributed by atoms with E-state index in [9.17, 15) is 8.78 Å². The molecule has 0 N–H and O–H groups in total. The van der Waals surface area contributed by atoms with E-state index >= 15 is 0 Å². The van der Waals surface area contributed by atoms with Crippen molar-refractivity contribution in [1.82, 2.24) is 14.8 Å². The molecule has 4 rings (SSSR count). The number of para-hydroxylation sites is 1. The third kappa shape index (κ3) is 3.97. The fraction of sp³-hybridized carbons (Fsp3) is 0.364. The van der Waals surface area contributed by atoms with Crippen LogP contribution in [-0.4, -0.2) is 14.8 Å². The molecule has 0 aliphatic heterocycles. The van der Waals surface area contributed by atoms with E-state index in [4.69, 9.17) is 0 Å². The molecule has 146 valence electrons. The summed E-state index contributed by atoms with van der Waals surface area (Å²) in [6, 6.07) is 11.7. The van der Waals surface area contributed by atoms with Crippen LogP contribution in [0, 0.1) is 18.6 Å². The molecule has 1 fully saturated rings. The maximum atomic E-state index is 14.0. The lowest BCUT2D eigenvalue weighted by Gasteiger charge is -2.22. The Kier molecular flexibility index (Phi) is 5.76. The highest BCUT2D eigenvalue weighted by molar-refractivity contribution is 7.98. The Labute approximate surface area is 168 Å². The van der Waals surface area contributed by atoms with Crippen LogP contribution in [0.4, 0.5) is 8.78 Å². The molecule has 0 radical (unpaired) electrons. The van der Waals surface area contributed by atoms with Crippen molar-refractivity contribution < 1.29 is 8.78 Å². The average molecular weight is 400 g/mol. The fourth-order valence-electron chi connectivity index (χ4n) is 3.84. The molecule has 28 heavy (non-hydrogen) atoms. The number of hydrogen-bond donors (Lipinski definition) is 0. The number of nitrogens with zero attached hydrogens (tertiary/aromatic N) is 3. The molecule has 0 amide bonds. The number of halogens is 2. The number of aryl methyl sites for hydroxylation is 1. The predicted molar refractivity (Wildman–Crippen MR) is 108 cm³/mol. The predicted octanol–water partition coefficient (Wildman–Crippen LogP) is 6.19. The second-order valence-corrected chi connectivity index (χ2v) is 8.26. The second kappa shape index (κ2) is 8.43. The normalized spacial score (nSPS) is 15.1. The lowest BCUT2D eigenvalue weighted by Crippen LogP contribution is -2.12. The van der Waals surface area contributed by atoms with Gasteiger partial charge in [-0.2, -0.15) is 0 Å². The van der Waals surface area contributed by atoms with Crippen molar-refractivity contribution in [3.8, 4) is 5.69 Å². The minimum Gasteiger partial charge on any atom is -0.274 e. The first kappa shape index (κ1) is 19.1. The van der Waals surface area contributed by atoms with Gasteiger partial charge in [-0.1, -0.05) is 49.2 Å². The summed E-state index contributed by atoms with van der Waals surface area (Å²) >= 11 is 1.39. The van der Waals surface area contributed by atoms with Crippen LogP contribution < -0.4 is 0 Å². The molecule has 1 heterocycles. The van der Waals surface area contributed by atoms with E-state index in [0.29, 0.717) is 17.2 Å². The Bertz CT molecular complexity index is 964. The lowest BCUT2D eigenvalue weighted by molar-refractivity contribution is 0.423. The summed E-state index contributed by atoms with van der Waals surface area (Å²) < 4.78 is 29.7. The third-order valence-corrected chi connectivity index (χ3v) is 6.33. The van der Waals surface area contributed by atoms with Gasteiger partial charge in [0.25, 0.3) is 0 Å². The van der Waals surface area contributed by atoms with Crippen molar-refractivity contribution in [2.24, 2.45) is 0 Å². The molecule has 1 aliphatic rings. The molecule has 0 atom stereocenters. The van der Waals surface area contributed by atoms with E-state index in [1.807, 2.05) is 12.1 Å². The first-order valence-electron chi connectivity index (χ1n) is 9.71. The highest BCUT2D eigenvalue weighted by Crippen LogP contribution is 2.36. The molecule has 6 heteroatoms. The lowest BCUT2D eigenvalue weighted by atomic mass is 9.88. The van der Waals surface area contributed by atoms with Gasteiger partial charge in [-0.15, -0.1) is 10.2 Å². The number of thioether (sulfide) groups is 1. The topological polar surface area (TPSA) is 30.7 Å². The Hall–Kier alpha value is -2.21. The molecule has 0 spiro atoms. The minimum absolute atomic E-state index is 0.304. The Morgan fingerprint density at radius 2 is 1.82 bits per heavy atom. The zero-order valence-electron chi connectivity index (χ0n) is 15.9. The molecule has 3 nitrogen and oxygen atoms in total. The summed E-state index contributed by atoms with van der Waals surface area (Å²) in [5, 5.41) is 9.69. The van der Waals surface area contributed by atoms with Gasteiger partial charge in [-0.05, 0) is 49.6 Å². The van der Waals surface area contributed by atoms with Crippen molar-refractivity contribution in [2.75, 3.05) is 0 Å². The van der Waals surface area contributed by atoms with E-state index in [1.165, 1.54) is 43.2 Å². The monoisotopic (exact) mass is 399 g/mol. The highest BCUT2D eigenvalue weighted by atomic mass is 32.2. The molecule has 2 aromatic carbocycles. The summed E-state index contributed by atoms with van der Waals surface area (Å²) in [5.41, 5.74) is 2.52. The van der Waals surface area contributed by atoms with Gasteiger partial charge in [0.05, 0.1) is 5.69 Å². The SMILES string of the molecule is Cc1ccccc1-n1c(SCc2cc(F)ccc2F)nnc1C1CCCCC1. The molecule has 1 aromatic heterocycles. The van der Waals surface area contributed by atoms with E-state index in [-0.39, 0.29) is 0 Å². The molecule has 1 saturated carbocycles. The summed E-state index contributed by atoms with van der Waals surface area (Å²) in [5.74, 6) is 0.846. The van der Waals surface area contributed by atoms with Gasteiger partial charge in [0.1, 0.15) is 17.5 Å². The average Bonchev–Trinajstić information content (AvgIpc) is 3.13. The van der Waals surface area contributed by atoms with Crippen LogP contribution in [0.15, 0.2) is 47.6 Å². The van der Waals surface area contributed by atoms with Crippen molar-refractivity contribution >= 4 is 11.8 Å². The van der Waals surface area contributed by atoms with Crippen LogP contribution in [0.1, 0.15) is 55.0 Å². The molecular formula is C22H23F2N3S. The minimum atomic E-state index is -0.430. The van der Waals surface area contributed by atoms with Gasteiger partial charge in [0.15, 0.2) is 5.16 Å². The fourth-order valence-corrected chi connectivity index (χ4v) is 4.76. The van der Waals surface area contributed by atoms with E-state index in [2.05, 4.69) is 33.8 Å². The van der Waals surface area contributed by atoms with E-state index in [0.717, 1.165) is 41.1 Å². The van der Waals surface area contributed by atoms with E-state index in [1.54, 1.807) is 0 Å². The highest BCUT2D eigenvalue weighted by Gasteiger charge is 2.25. The first-order valence-corrected chi connectivity index (χ1v) is 10.7. The van der Waals surface area contributed by atoms with Crippen molar-refractivity contribution in [3.63, 3.8) is 0 Å². The summed E-state index contributed by atoms with van der Waals surface area (Å²) in [6.07, 6.45) is 5.93. The zero-order chi connectivity index (χ0) is 19.5. The smallest absolute Gasteiger partial charge is 0.196 e. The summed E-state index contributed by atoms with van der Waals surface area (Å²) in [4.78, 5) is 0. The number of aromatic nitrogens is 3. The van der Waals surface area contributed by atoms with Gasteiger partial charge in [-0.3, -0.25) is 4.57 Å². The van der Waals surface area contributed by atoms with Gasteiger partial charge < -0.3 is 0 Å². The molecule has 0 unspecified atom stereocenters. The Morgan fingerprint density at radius 3 is 2.61 bits per heavy atom. The van der Waals surface area contributed by atoms with Crippen LogP contribution in [0.2, 0.25) is 0 Å². The number of rotatable bonds is 5. The molecule has 3 aromatic rings. The van der Waals surface area contributed by atoms with Crippen molar-refractivity contribution in [3.05, 3.63) is 71.1 Å². The standard InChI is InChI=1S/C22H23F2N3S/c1-15-7-5-6-10-20(15)27-21(16-8-3-2-4-9-16)25-26-22(27)28-14-17-13-18(23)11-12-19(17)24/h5-7,10-13,16H,2-4,8-9,14H2,1H3. The maximum absolute atomic E-state index is 14.0. The van der Waals surface area contributed by atoms with Gasteiger partial charge in [-0.25, -0.2) is 8.78 Å². The first-order chi connectivity index (χ1) is 13.6. The second-order valence-electron chi connectivity index (χ2n) is 7.32. The Balaban J connectivity index is 1.69. The maximum Gasteiger partial charge on any atom is 0.196 e. The number of hydrogen-bond acceptors (Lipinski definition) is 3. The van der Waals surface area contributed by atoms with Crippen molar-refractivity contribution in [1.29, 1.82) is 0 Å². The molecule has 0 bridgehead atoms. The van der Waals surface area contributed by atoms with Crippen LogP contribution in [-0.2, 0) is 5.75 Å². The van der Waals surface area contributed by atoms with Crippen molar-refractivity contribution in [2.45, 2.75) is 55.9 Å². The van der Waals surface area contributed by atoms with Crippen LogP contribution in [0.25, 0.3) is 5.69 Å². The number of benzene rings is 2. The largest absolute Gasteiger partial charge is 0.274 e.